The second-order valence-corrected chi connectivity index (χ2v) is 9.18. The van der Waals surface area contributed by atoms with Gasteiger partial charge in [-0.2, -0.15) is 0 Å². The Morgan fingerprint density at radius 3 is 2.50 bits per heavy atom. The summed E-state index contributed by atoms with van der Waals surface area (Å²) in [5.41, 5.74) is 2.45. The maximum atomic E-state index is 6.28. The van der Waals surface area contributed by atoms with Gasteiger partial charge < -0.3 is 25.0 Å². The van der Waals surface area contributed by atoms with Crippen molar-refractivity contribution in [3.8, 4) is 5.75 Å². The Hall–Kier alpha value is -1.79. The van der Waals surface area contributed by atoms with E-state index in [2.05, 4.69) is 80.5 Å². The third kappa shape index (κ3) is 7.17. The van der Waals surface area contributed by atoms with Crippen molar-refractivity contribution in [2.75, 3.05) is 40.9 Å². The molecule has 0 amide bonds. The number of ether oxygens (including phenoxy) is 2. The quantitative estimate of drug-likeness (QED) is 0.474. The van der Waals surface area contributed by atoms with E-state index in [1.165, 1.54) is 5.56 Å². The van der Waals surface area contributed by atoms with Crippen LogP contribution in [-0.2, 0) is 11.3 Å². The summed E-state index contributed by atoms with van der Waals surface area (Å²) in [6.07, 6.45) is 3.28. The first kappa shape index (κ1) is 24.5. The molecule has 1 saturated heterocycles. The van der Waals surface area contributed by atoms with Crippen molar-refractivity contribution in [1.29, 1.82) is 0 Å². The zero-order valence-electron chi connectivity index (χ0n) is 20.0. The van der Waals surface area contributed by atoms with Gasteiger partial charge in [0, 0.05) is 44.5 Å². The predicted octanol–water partition coefficient (Wildman–Crippen LogP) is 3.58. The summed E-state index contributed by atoms with van der Waals surface area (Å²) >= 11 is 0. The van der Waals surface area contributed by atoms with Gasteiger partial charge in [0.05, 0.1) is 6.10 Å². The van der Waals surface area contributed by atoms with Crippen molar-refractivity contribution in [3.05, 3.63) is 29.3 Å². The van der Waals surface area contributed by atoms with Gasteiger partial charge in [0.15, 0.2) is 5.96 Å². The van der Waals surface area contributed by atoms with E-state index >= 15 is 0 Å². The van der Waals surface area contributed by atoms with Gasteiger partial charge in [0.2, 0.25) is 0 Å². The van der Waals surface area contributed by atoms with E-state index in [0.717, 1.165) is 56.3 Å². The van der Waals surface area contributed by atoms with Gasteiger partial charge in [-0.3, -0.25) is 4.99 Å². The molecule has 1 aromatic rings. The average Bonchev–Trinajstić information content (AvgIpc) is 2.69. The lowest BCUT2D eigenvalue weighted by Gasteiger charge is -2.43. The van der Waals surface area contributed by atoms with Crippen molar-refractivity contribution in [3.63, 3.8) is 0 Å². The van der Waals surface area contributed by atoms with Crippen LogP contribution in [0.3, 0.4) is 0 Å². The van der Waals surface area contributed by atoms with Crippen molar-refractivity contribution in [2.45, 2.75) is 65.1 Å². The second kappa shape index (κ2) is 11.6. The highest BCUT2D eigenvalue weighted by Crippen LogP contribution is 2.25. The normalized spacial score (nSPS) is 17.8. The number of rotatable bonds is 9. The van der Waals surface area contributed by atoms with Crippen molar-refractivity contribution < 1.29 is 9.47 Å². The number of nitrogens with one attached hydrogen (secondary N) is 2. The number of aliphatic imine (C=N–C) groups is 1. The minimum Gasteiger partial charge on any atom is -0.490 e. The highest BCUT2D eigenvalue weighted by Gasteiger charge is 2.34. The van der Waals surface area contributed by atoms with Gasteiger partial charge in [0.25, 0.3) is 0 Å². The molecule has 1 atom stereocenters. The molecule has 170 valence electrons. The van der Waals surface area contributed by atoms with Crippen LogP contribution in [0.2, 0.25) is 0 Å². The van der Waals surface area contributed by atoms with E-state index in [0.29, 0.717) is 12.5 Å². The van der Waals surface area contributed by atoms with E-state index < -0.39 is 0 Å². The largest absolute Gasteiger partial charge is 0.490 e. The summed E-state index contributed by atoms with van der Waals surface area (Å²) in [7, 11) is 6.12. The Morgan fingerprint density at radius 2 is 1.90 bits per heavy atom. The van der Waals surface area contributed by atoms with E-state index in [1.807, 2.05) is 7.05 Å². The van der Waals surface area contributed by atoms with Crippen LogP contribution in [-0.4, -0.2) is 63.4 Å². The number of guanidine groups is 1. The fourth-order valence-corrected chi connectivity index (χ4v) is 4.03. The maximum absolute atomic E-state index is 6.28. The van der Waals surface area contributed by atoms with Crippen LogP contribution in [0.4, 0.5) is 0 Å². The molecule has 1 heterocycles. The Morgan fingerprint density at radius 1 is 1.20 bits per heavy atom. The predicted molar refractivity (Wildman–Crippen MR) is 125 cm³/mol. The van der Waals surface area contributed by atoms with Crippen LogP contribution in [0.5, 0.6) is 5.75 Å². The Bertz CT molecular complexity index is 682. The monoisotopic (exact) mass is 418 g/mol. The summed E-state index contributed by atoms with van der Waals surface area (Å²) < 4.78 is 11.9. The molecule has 0 bridgehead atoms. The number of hydrogen-bond acceptors (Lipinski definition) is 4. The smallest absolute Gasteiger partial charge is 0.191 e. The van der Waals surface area contributed by atoms with Crippen LogP contribution in [0, 0.1) is 12.8 Å². The number of aryl methyl sites for hydroxylation is 1. The second-order valence-electron chi connectivity index (χ2n) is 9.18. The van der Waals surface area contributed by atoms with Crippen LogP contribution in [0.25, 0.3) is 0 Å². The van der Waals surface area contributed by atoms with Crippen molar-refractivity contribution in [1.82, 2.24) is 15.5 Å². The number of hydrogen-bond donors (Lipinski definition) is 2. The van der Waals surface area contributed by atoms with Crippen LogP contribution in [0.1, 0.15) is 51.2 Å². The fraction of sp³-hybridized carbons (Fsp3) is 0.708. The molecule has 2 N–H and O–H groups in total. The molecule has 1 unspecified atom stereocenters. The molecular weight excluding hydrogens is 376 g/mol. The van der Waals surface area contributed by atoms with Gasteiger partial charge in [-0.15, -0.1) is 0 Å². The first-order valence-corrected chi connectivity index (χ1v) is 11.2. The highest BCUT2D eigenvalue weighted by molar-refractivity contribution is 5.79. The van der Waals surface area contributed by atoms with Crippen molar-refractivity contribution >= 4 is 5.96 Å². The lowest BCUT2D eigenvalue weighted by molar-refractivity contribution is -0.00501. The van der Waals surface area contributed by atoms with Crippen LogP contribution >= 0.6 is 0 Å². The minimum atomic E-state index is 0.0975. The van der Waals surface area contributed by atoms with E-state index in [4.69, 9.17) is 9.47 Å². The number of nitrogens with zero attached hydrogens (tertiary/aromatic N) is 2. The maximum Gasteiger partial charge on any atom is 0.191 e. The highest BCUT2D eigenvalue weighted by atomic mass is 16.5. The topological polar surface area (TPSA) is 58.1 Å². The summed E-state index contributed by atoms with van der Waals surface area (Å²) in [6, 6.07) is 6.41. The summed E-state index contributed by atoms with van der Waals surface area (Å²) in [5, 5.41) is 6.99. The molecule has 1 aliphatic heterocycles. The number of benzene rings is 1. The van der Waals surface area contributed by atoms with Gasteiger partial charge in [0.1, 0.15) is 5.75 Å². The Kier molecular flexibility index (Phi) is 9.43. The summed E-state index contributed by atoms with van der Waals surface area (Å²) in [6.45, 7) is 11.8. The van der Waals surface area contributed by atoms with Gasteiger partial charge in [-0.25, -0.2) is 0 Å². The first-order chi connectivity index (χ1) is 14.3. The lowest BCUT2D eigenvalue weighted by Crippen LogP contribution is -2.57. The van der Waals surface area contributed by atoms with Crippen LogP contribution in [0.15, 0.2) is 23.2 Å². The SMILES string of the molecule is CN=C(NCc1ccc(C)cc1OC(C)CC(C)C)NCC1(N(C)C)CCOCC1. The van der Waals surface area contributed by atoms with Crippen molar-refractivity contribution in [2.24, 2.45) is 10.9 Å². The van der Waals surface area contributed by atoms with E-state index in [-0.39, 0.29) is 11.6 Å². The molecule has 2 rings (SSSR count). The first-order valence-electron chi connectivity index (χ1n) is 11.2. The number of likely N-dealkylation sites (N-methyl/N-ethyl adjacent to an activating group) is 1. The van der Waals surface area contributed by atoms with Gasteiger partial charge in [-0.05, 0) is 64.8 Å². The van der Waals surface area contributed by atoms with E-state index in [1.54, 1.807) is 0 Å². The standard InChI is InChI=1S/C24H42N4O2/c1-18(2)14-20(4)30-22-15-19(3)8-9-21(22)16-26-23(25-5)27-17-24(28(6)7)10-12-29-13-11-24/h8-9,15,18,20H,10-14,16-17H2,1-7H3,(H2,25,26,27). The molecule has 0 radical (unpaired) electrons. The molecule has 0 aromatic heterocycles. The minimum absolute atomic E-state index is 0.0975. The molecule has 1 aromatic carbocycles. The van der Waals surface area contributed by atoms with Crippen LogP contribution < -0.4 is 15.4 Å². The van der Waals surface area contributed by atoms with Gasteiger partial charge >= 0.3 is 0 Å². The molecule has 0 spiro atoms. The molecule has 1 fully saturated rings. The third-order valence-corrected chi connectivity index (χ3v) is 5.98. The average molecular weight is 419 g/mol. The third-order valence-electron chi connectivity index (χ3n) is 5.98. The zero-order chi connectivity index (χ0) is 22.1. The summed E-state index contributed by atoms with van der Waals surface area (Å²) in [4.78, 5) is 6.75. The molecule has 0 aliphatic carbocycles. The fourth-order valence-electron chi connectivity index (χ4n) is 4.03. The molecule has 6 heteroatoms. The lowest BCUT2D eigenvalue weighted by atomic mass is 9.88. The van der Waals surface area contributed by atoms with E-state index in [9.17, 15) is 0 Å². The summed E-state index contributed by atoms with van der Waals surface area (Å²) in [5.74, 6) is 2.38. The Balaban J connectivity index is 1.99. The molecule has 1 aliphatic rings. The molecule has 6 nitrogen and oxygen atoms in total. The van der Waals surface area contributed by atoms with Gasteiger partial charge in [-0.1, -0.05) is 26.0 Å². The molecular formula is C24H42N4O2. The molecule has 0 saturated carbocycles. The molecule has 30 heavy (non-hydrogen) atoms. The zero-order valence-corrected chi connectivity index (χ0v) is 20.0. The Labute approximate surface area is 183 Å².